The Kier molecular flexibility index (Phi) is 9.02. The van der Waals surface area contributed by atoms with E-state index in [1.807, 2.05) is 54.6 Å². The second kappa shape index (κ2) is 13.5. The highest BCUT2D eigenvalue weighted by Crippen LogP contribution is 2.33. The molecule has 7 heteroatoms. The van der Waals surface area contributed by atoms with Crippen molar-refractivity contribution in [1.82, 2.24) is 0 Å². The summed E-state index contributed by atoms with van der Waals surface area (Å²) in [7, 11) is -4.26. The average Bonchev–Trinajstić information content (AvgIpc) is 3.06. The van der Waals surface area contributed by atoms with Gasteiger partial charge < -0.3 is 10.6 Å². The molecule has 0 saturated heterocycles. The number of para-hydroxylation sites is 2. The fourth-order valence-corrected chi connectivity index (χ4v) is 6.00. The standard InChI is InChI=1S/C40H35N3O3S/c1-27-8-4-6-10-37(27)41-33-18-12-30(13-19-33)40(31-14-20-34(21-15-31)42-38-11-7-5-9-28(38)2)32-16-22-35(23-17-32)43-39-25-24-36(26-29(39)3)47(44,45)46/h4-26,41,43H,1-3H3,(H,44,45,46). The van der Waals surface area contributed by atoms with Crippen molar-refractivity contribution in [1.29, 1.82) is 0 Å². The quantitative estimate of drug-likeness (QED) is 0.147. The lowest BCUT2D eigenvalue weighted by Gasteiger charge is -2.16. The SMILES string of the molecule is Cc1ccccc1N=C1C=CC(=C(c2ccc(Nc3ccccc3C)cc2)c2ccc(Nc3ccc(S(=O)(=O)O)cc3C)cc2)C=C1. The van der Waals surface area contributed by atoms with E-state index in [1.165, 1.54) is 17.7 Å². The predicted octanol–water partition coefficient (Wildman–Crippen LogP) is 10.0. The van der Waals surface area contributed by atoms with E-state index in [2.05, 4.69) is 91.2 Å². The molecule has 0 unspecified atom stereocenters. The van der Waals surface area contributed by atoms with Crippen molar-refractivity contribution in [2.45, 2.75) is 25.7 Å². The molecule has 0 bridgehead atoms. The van der Waals surface area contributed by atoms with Gasteiger partial charge in [0.2, 0.25) is 0 Å². The van der Waals surface area contributed by atoms with Gasteiger partial charge in [0.15, 0.2) is 0 Å². The number of hydrogen-bond donors (Lipinski definition) is 3. The number of anilines is 4. The molecule has 5 aromatic rings. The summed E-state index contributed by atoms with van der Waals surface area (Å²) in [5, 5.41) is 6.88. The van der Waals surface area contributed by atoms with Crippen LogP contribution >= 0.6 is 0 Å². The molecule has 1 aliphatic rings. The summed E-state index contributed by atoms with van der Waals surface area (Å²) in [5.41, 5.74) is 12.8. The highest BCUT2D eigenvalue weighted by molar-refractivity contribution is 7.85. The molecule has 0 amide bonds. The second-order valence-electron chi connectivity index (χ2n) is 11.5. The molecular weight excluding hydrogens is 603 g/mol. The van der Waals surface area contributed by atoms with E-state index in [4.69, 9.17) is 4.99 Å². The highest BCUT2D eigenvalue weighted by Gasteiger charge is 2.14. The van der Waals surface area contributed by atoms with E-state index in [9.17, 15) is 13.0 Å². The van der Waals surface area contributed by atoms with Crippen LogP contribution in [0.4, 0.5) is 28.4 Å². The lowest BCUT2D eigenvalue weighted by molar-refractivity contribution is 0.483. The highest BCUT2D eigenvalue weighted by atomic mass is 32.2. The summed E-state index contributed by atoms with van der Waals surface area (Å²) in [6.07, 6.45) is 8.31. The summed E-state index contributed by atoms with van der Waals surface area (Å²) in [5.74, 6) is 0. The van der Waals surface area contributed by atoms with Crippen LogP contribution in [0.25, 0.3) is 5.57 Å². The maximum atomic E-state index is 11.5. The van der Waals surface area contributed by atoms with Crippen molar-refractivity contribution in [2.24, 2.45) is 4.99 Å². The predicted molar refractivity (Wildman–Crippen MR) is 194 cm³/mol. The average molecular weight is 638 g/mol. The molecule has 6 rings (SSSR count). The van der Waals surface area contributed by atoms with Gasteiger partial charge in [0.1, 0.15) is 0 Å². The molecular formula is C40H35N3O3S. The lowest BCUT2D eigenvalue weighted by Crippen LogP contribution is -2.01. The van der Waals surface area contributed by atoms with Crippen LogP contribution in [0.5, 0.6) is 0 Å². The number of aliphatic imine (C=N–C) groups is 1. The van der Waals surface area contributed by atoms with E-state index < -0.39 is 10.1 Å². The van der Waals surface area contributed by atoms with Crippen molar-refractivity contribution >= 4 is 49.8 Å². The smallest absolute Gasteiger partial charge is 0.294 e. The van der Waals surface area contributed by atoms with Gasteiger partial charge in [-0.15, -0.1) is 0 Å². The van der Waals surface area contributed by atoms with Crippen molar-refractivity contribution < 1.29 is 13.0 Å². The molecule has 234 valence electrons. The number of hydrogen-bond acceptors (Lipinski definition) is 5. The van der Waals surface area contributed by atoms with Gasteiger partial charge in [0.05, 0.1) is 16.3 Å². The molecule has 0 atom stereocenters. The Morgan fingerprint density at radius 1 is 0.596 bits per heavy atom. The maximum Gasteiger partial charge on any atom is 0.294 e. The molecule has 0 spiro atoms. The molecule has 0 aromatic heterocycles. The Labute approximate surface area is 276 Å². The van der Waals surface area contributed by atoms with Crippen LogP contribution in [0.3, 0.4) is 0 Å². The monoisotopic (exact) mass is 637 g/mol. The zero-order valence-corrected chi connectivity index (χ0v) is 27.2. The number of rotatable bonds is 8. The first kappa shape index (κ1) is 31.5. The first-order chi connectivity index (χ1) is 22.6. The fraction of sp³-hybridized carbons (Fsp3) is 0.0750. The van der Waals surface area contributed by atoms with Crippen LogP contribution in [0, 0.1) is 20.8 Å². The number of allylic oxidation sites excluding steroid dienone is 5. The van der Waals surface area contributed by atoms with Crippen molar-refractivity contribution in [3.05, 3.63) is 173 Å². The number of aryl methyl sites for hydroxylation is 3. The van der Waals surface area contributed by atoms with Gasteiger partial charge in [0.25, 0.3) is 10.1 Å². The molecule has 0 radical (unpaired) electrons. The third kappa shape index (κ3) is 7.49. The van der Waals surface area contributed by atoms with Crippen molar-refractivity contribution in [3.8, 4) is 0 Å². The molecule has 3 N–H and O–H groups in total. The van der Waals surface area contributed by atoms with Crippen LogP contribution in [-0.4, -0.2) is 18.7 Å². The zero-order valence-electron chi connectivity index (χ0n) is 26.4. The van der Waals surface area contributed by atoms with E-state index in [0.717, 1.165) is 62.0 Å². The minimum absolute atomic E-state index is 0.131. The summed E-state index contributed by atoms with van der Waals surface area (Å²) in [4.78, 5) is 4.72. The summed E-state index contributed by atoms with van der Waals surface area (Å²) >= 11 is 0. The number of benzene rings is 5. The molecule has 1 aliphatic carbocycles. The van der Waals surface area contributed by atoms with E-state index in [0.29, 0.717) is 5.56 Å². The van der Waals surface area contributed by atoms with Crippen LogP contribution in [0.1, 0.15) is 27.8 Å². The Morgan fingerprint density at radius 2 is 1.13 bits per heavy atom. The van der Waals surface area contributed by atoms with Gasteiger partial charge in [0, 0.05) is 22.7 Å². The van der Waals surface area contributed by atoms with Crippen LogP contribution < -0.4 is 10.6 Å². The summed E-state index contributed by atoms with van der Waals surface area (Å²) in [6, 6.07) is 37.4. The van der Waals surface area contributed by atoms with E-state index in [-0.39, 0.29) is 4.90 Å². The Bertz CT molecular complexity index is 2160. The van der Waals surface area contributed by atoms with Crippen LogP contribution in [0.2, 0.25) is 0 Å². The van der Waals surface area contributed by atoms with Gasteiger partial charge >= 0.3 is 0 Å². The third-order valence-corrected chi connectivity index (χ3v) is 8.92. The molecule has 6 nitrogen and oxygen atoms in total. The molecule has 0 aliphatic heterocycles. The number of nitrogens with zero attached hydrogens (tertiary/aromatic N) is 1. The van der Waals surface area contributed by atoms with Gasteiger partial charge in [-0.2, -0.15) is 8.42 Å². The normalized spacial score (nSPS) is 12.6. The molecule has 0 saturated carbocycles. The Morgan fingerprint density at radius 3 is 1.66 bits per heavy atom. The molecule has 0 heterocycles. The summed E-state index contributed by atoms with van der Waals surface area (Å²) < 4.78 is 32.5. The number of nitrogens with one attached hydrogen (secondary N) is 2. The third-order valence-electron chi connectivity index (χ3n) is 8.07. The minimum Gasteiger partial charge on any atom is -0.355 e. The Balaban J connectivity index is 1.32. The van der Waals surface area contributed by atoms with Crippen molar-refractivity contribution in [2.75, 3.05) is 10.6 Å². The Hall–Kier alpha value is -5.50. The van der Waals surface area contributed by atoms with Gasteiger partial charge in [-0.05, 0) is 126 Å². The maximum absolute atomic E-state index is 11.5. The largest absolute Gasteiger partial charge is 0.355 e. The second-order valence-corrected chi connectivity index (χ2v) is 12.9. The van der Waals surface area contributed by atoms with Gasteiger partial charge in [-0.1, -0.05) is 72.8 Å². The first-order valence-electron chi connectivity index (χ1n) is 15.3. The first-order valence-corrected chi connectivity index (χ1v) is 16.7. The molecule has 0 fully saturated rings. The van der Waals surface area contributed by atoms with Crippen LogP contribution in [0.15, 0.2) is 155 Å². The van der Waals surface area contributed by atoms with E-state index >= 15 is 0 Å². The van der Waals surface area contributed by atoms with Crippen LogP contribution in [-0.2, 0) is 10.1 Å². The zero-order chi connectivity index (χ0) is 33.0. The minimum atomic E-state index is -4.26. The van der Waals surface area contributed by atoms with Gasteiger partial charge in [-0.3, -0.25) is 4.55 Å². The van der Waals surface area contributed by atoms with Crippen molar-refractivity contribution in [3.63, 3.8) is 0 Å². The van der Waals surface area contributed by atoms with E-state index in [1.54, 1.807) is 13.0 Å². The topological polar surface area (TPSA) is 90.8 Å². The molecule has 47 heavy (non-hydrogen) atoms. The fourth-order valence-electron chi connectivity index (χ4n) is 5.43. The van der Waals surface area contributed by atoms with Gasteiger partial charge in [-0.25, -0.2) is 4.99 Å². The molecule has 5 aromatic carbocycles. The lowest BCUT2D eigenvalue weighted by atomic mass is 9.90. The summed E-state index contributed by atoms with van der Waals surface area (Å²) in [6.45, 7) is 5.95.